The number of hydrogen-bond donors (Lipinski definition) is 1. The number of amides is 2. The van der Waals surface area contributed by atoms with Gasteiger partial charge in [-0.3, -0.25) is 4.98 Å². The lowest BCUT2D eigenvalue weighted by Gasteiger charge is -2.38. The molecule has 0 bridgehead atoms. The van der Waals surface area contributed by atoms with Gasteiger partial charge in [-0.25, -0.2) is 9.18 Å². The summed E-state index contributed by atoms with van der Waals surface area (Å²) in [6.45, 7) is 9.91. The van der Waals surface area contributed by atoms with Crippen LogP contribution >= 0.6 is 0 Å². The molecule has 0 saturated carbocycles. The van der Waals surface area contributed by atoms with Crippen molar-refractivity contribution >= 4 is 11.7 Å². The van der Waals surface area contributed by atoms with Crippen molar-refractivity contribution in [1.29, 1.82) is 0 Å². The molecule has 3 heterocycles. The third-order valence-electron chi connectivity index (χ3n) is 10.1. The van der Waals surface area contributed by atoms with Crippen LogP contribution in [-0.2, 0) is 5.54 Å². The average molecular weight is 680 g/mol. The van der Waals surface area contributed by atoms with Gasteiger partial charge in [0.05, 0.1) is 0 Å². The summed E-state index contributed by atoms with van der Waals surface area (Å²) in [4.78, 5) is 21.4. The van der Waals surface area contributed by atoms with Crippen LogP contribution in [-0.4, -0.2) is 49.2 Å². The van der Waals surface area contributed by atoms with Gasteiger partial charge >= 0.3 is 6.03 Å². The summed E-state index contributed by atoms with van der Waals surface area (Å²) in [6, 6.07) is 36.6. The maximum atomic E-state index is 16.4. The number of hydrogen-bond acceptors (Lipinski definition) is 5. The molecule has 1 fully saturated rings. The van der Waals surface area contributed by atoms with E-state index < -0.39 is 11.4 Å². The van der Waals surface area contributed by atoms with Gasteiger partial charge in [-0.2, -0.15) is 0 Å². The van der Waals surface area contributed by atoms with Crippen molar-refractivity contribution in [1.82, 2.24) is 30.1 Å². The van der Waals surface area contributed by atoms with E-state index in [2.05, 4.69) is 41.4 Å². The predicted octanol–water partition coefficient (Wildman–Crippen LogP) is 8.98. The van der Waals surface area contributed by atoms with Crippen molar-refractivity contribution in [2.24, 2.45) is 11.3 Å². The standard InChI is InChI=1S/C42H42FN7O/c1-29-20-21-30(28-44-29)38-36(26-35(27-37(38)43)45-40(51)49-24-22-31(23-25-49)41(2,3)4)39-46-48-50(47-39)42(32-14-8-5-9-15-32,33-16-10-6-11-17-33)34-18-12-7-13-19-34/h5-21,26-28,31H,22-25H2,1-4H3,(H,45,51). The van der Waals surface area contributed by atoms with Crippen LogP contribution in [0, 0.1) is 24.1 Å². The van der Waals surface area contributed by atoms with E-state index in [0.717, 1.165) is 35.2 Å². The molecule has 2 amide bonds. The smallest absolute Gasteiger partial charge is 0.321 e. The molecule has 7 rings (SSSR count). The Hall–Kier alpha value is -5.70. The minimum absolute atomic E-state index is 0.185. The van der Waals surface area contributed by atoms with Gasteiger partial charge in [-0.15, -0.1) is 15.0 Å². The summed E-state index contributed by atoms with van der Waals surface area (Å²) in [5.74, 6) is 0.215. The first-order valence-corrected chi connectivity index (χ1v) is 17.4. The number of aromatic nitrogens is 5. The van der Waals surface area contributed by atoms with E-state index in [-0.39, 0.29) is 22.8 Å². The summed E-state index contributed by atoms with van der Waals surface area (Å²) in [5, 5.41) is 17.3. The number of pyridine rings is 1. The van der Waals surface area contributed by atoms with Crippen LogP contribution < -0.4 is 5.32 Å². The van der Waals surface area contributed by atoms with E-state index in [1.807, 2.05) is 110 Å². The summed E-state index contributed by atoms with van der Waals surface area (Å²) < 4.78 is 16.4. The molecule has 1 aliphatic rings. The zero-order valence-corrected chi connectivity index (χ0v) is 29.4. The number of carbonyl (C=O) groups excluding carboxylic acids is 1. The van der Waals surface area contributed by atoms with Crippen LogP contribution in [0.5, 0.6) is 0 Å². The average Bonchev–Trinajstić information content (AvgIpc) is 3.64. The van der Waals surface area contributed by atoms with Crippen molar-refractivity contribution in [3.63, 3.8) is 0 Å². The van der Waals surface area contributed by atoms with Crippen molar-refractivity contribution in [2.45, 2.75) is 46.1 Å². The van der Waals surface area contributed by atoms with Crippen molar-refractivity contribution in [3.8, 4) is 22.5 Å². The molecule has 4 aromatic carbocycles. The van der Waals surface area contributed by atoms with Crippen molar-refractivity contribution in [2.75, 3.05) is 18.4 Å². The first kappa shape index (κ1) is 33.8. The Morgan fingerprint density at radius 2 is 1.37 bits per heavy atom. The monoisotopic (exact) mass is 679 g/mol. The Morgan fingerprint density at radius 3 is 1.88 bits per heavy atom. The molecule has 1 aliphatic heterocycles. The molecule has 1 N–H and O–H groups in total. The summed E-state index contributed by atoms with van der Waals surface area (Å²) in [5.41, 5.74) is 4.30. The fourth-order valence-electron chi connectivity index (χ4n) is 7.26. The number of halogens is 1. The van der Waals surface area contributed by atoms with E-state index >= 15 is 4.39 Å². The van der Waals surface area contributed by atoms with Gasteiger partial charge in [0.25, 0.3) is 0 Å². The van der Waals surface area contributed by atoms with Crippen molar-refractivity contribution in [3.05, 3.63) is 150 Å². The fraction of sp³-hybridized carbons (Fsp3) is 0.262. The lowest BCUT2D eigenvalue weighted by Crippen LogP contribution is -2.43. The highest BCUT2D eigenvalue weighted by Gasteiger charge is 2.41. The van der Waals surface area contributed by atoms with Gasteiger partial charge < -0.3 is 10.2 Å². The first-order valence-electron chi connectivity index (χ1n) is 17.4. The quantitative estimate of drug-likeness (QED) is 0.170. The number of aryl methyl sites for hydroxylation is 1. The van der Waals surface area contributed by atoms with Gasteiger partial charge in [0.2, 0.25) is 5.82 Å². The number of tetrazole rings is 1. The highest BCUT2D eigenvalue weighted by atomic mass is 19.1. The van der Waals surface area contributed by atoms with Gasteiger partial charge in [-0.05, 0) is 71.2 Å². The highest BCUT2D eigenvalue weighted by Crippen LogP contribution is 2.41. The normalized spacial score (nSPS) is 14.0. The fourth-order valence-corrected chi connectivity index (χ4v) is 7.26. The molecular weight excluding hydrogens is 638 g/mol. The van der Waals surface area contributed by atoms with E-state index in [4.69, 9.17) is 5.10 Å². The zero-order chi connectivity index (χ0) is 35.6. The third kappa shape index (κ3) is 6.64. The summed E-state index contributed by atoms with van der Waals surface area (Å²) in [7, 11) is 0. The first-order chi connectivity index (χ1) is 24.6. The van der Waals surface area contributed by atoms with Crippen molar-refractivity contribution < 1.29 is 9.18 Å². The second-order valence-corrected chi connectivity index (χ2v) is 14.3. The molecule has 0 radical (unpaired) electrons. The molecule has 0 atom stereocenters. The Bertz CT molecular complexity index is 2010. The maximum Gasteiger partial charge on any atom is 0.321 e. The molecule has 0 spiro atoms. The van der Waals surface area contributed by atoms with E-state index in [0.29, 0.717) is 35.8 Å². The van der Waals surface area contributed by atoms with E-state index in [1.54, 1.807) is 22.0 Å². The lowest BCUT2D eigenvalue weighted by molar-refractivity contribution is 0.128. The number of likely N-dealkylation sites (tertiary alicyclic amines) is 1. The highest BCUT2D eigenvalue weighted by molar-refractivity contribution is 5.92. The molecule has 9 heteroatoms. The van der Waals surface area contributed by atoms with Crippen LogP contribution in [0.25, 0.3) is 22.5 Å². The topological polar surface area (TPSA) is 88.8 Å². The number of piperidine rings is 1. The van der Waals surface area contributed by atoms with Crippen LogP contribution in [0.2, 0.25) is 0 Å². The van der Waals surface area contributed by atoms with Gasteiger partial charge in [0.15, 0.2) is 5.54 Å². The number of urea groups is 1. The van der Waals surface area contributed by atoms with Gasteiger partial charge in [0.1, 0.15) is 5.82 Å². The maximum absolute atomic E-state index is 16.4. The summed E-state index contributed by atoms with van der Waals surface area (Å²) in [6.07, 6.45) is 3.49. The van der Waals surface area contributed by atoms with Gasteiger partial charge in [-0.1, -0.05) is 118 Å². The zero-order valence-electron chi connectivity index (χ0n) is 29.4. The number of carbonyl (C=O) groups is 1. The molecule has 51 heavy (non-hydrogen) atoms. The number of rotatable bonds is 7. The Kier molecular flexibility index (Phi) is 9.21. The van der Waals surface area contributed by atoms with E-state index in [1.165, 1.54) is 6.07 Å². The molecule has 0 aliphatic carbocycles. The molecule has 258 valence electrons. The molecule has 6 aromatic rings. The number of nitrogens with zero attached hydrogens (tertiary/aromatic N) is 6. The molecule has 0 unspecified atom stereocenters. The van der Waals surface area contributed by atoms with Gasteiger partial charge in [0, 0.05) is 47.4 Å². The third-order valence-corrected chi connectivity index (χ3v) is 10.1. The Morgan fingerprint density at radius 1 is 0.804 bits per heavy atom. The second kappa shape index (κ2) is 13.9. The second-order valence-electron chi connectivity index (χ2n) is 14.3. The number of nitrogens with one attached hydrogen (secondary N) is 1. The SMILES string of the molecule is Cc1ccc(-c2c(F)cc(NC(=O)N3CCC(C(C)(C)C)CC3)cc2-c2nnn(C(c3ccccc3)(c3ccccc3)c3ccccc3)n2)cn1. The van der Waals surface area contributed by atoms with Crippen LogP contribution in [0.3, 0.4) is 0 Å². The molecule has 2 aromatic heterocycles. The largest absolute Gasteiger partial charge is 0.325 e. The van der Waals surface area contributed by atoms with Crippen LogP contribution in [0.1, 0.15) is 56.0 Å². The molecular formula is C42H42FN7O. The number of benzene rings is 4. The number of anilines is 1. The summed E-state index contributed by atoms with van der Waals surface area (Å²) >= 11 is 0. The lowest BCUT2D eigenvalue weighted by atomic mass is 9.75. The Balaban J connectivity index is 1.35. The molecule has 1 saturated heterocycles. The Labute approximate surface area is 298 Å². The van der Waals surface area contributed by atoms with Crippen LogP contribution in [0.4, 0.5) is 14.9 Å². The van der Waals surface area contributed by atoms with Crippen LogP contribution in [0.15, 0.2) is 121 Å². The molecule has 8 nitrogen and oxygen atoms in total. The minimum atomic E-state index is -1.01. The van der Waals surface area contributed by atoms with E-state index in [9.17, 15) is 4.79 Å². The minimum Gasteiger partial charge on any atom is -0.325 e. The predicted molar refractivity (Wildman–Crippen MR) is 199 cm³/mol.